The van der Waals surface area contributed by atoms with Crippen molar-refractivity contribution in [2.75, 3.05) is 13.2 Å². The first-order chi connectivity index (χ1) is 11.5. The molecule has 3 N–H and O–H groups in total. The summed E-state index contributed by atoms with van der Waals surface area (Å²) in [6.07, 6.45) is 3.69. The average molecular weight is 329 g/mol. The predicted molar refractivity (Wildman–Crippen MR) is 89.8 cm³/mol. The normalized spacial score (nSPS) is 15.1. The summed E-state index contributed by atoms with van der Waals surface area (Å²) in [6, 6.07) is 5.59. The minimum Gasteiger partial charge on any atom is -0.396 e. The van der Waals surface area contributed by atoms with Crippen molar-refractivity contribution < 1.29 is 9.90 Å². The van der Waals surface area contributed by atoms with Gasteiger partial charge in [0, 0.05) is 30.4 Å². The van der Waals surface area contributed by atoms with Gasteiger partial charge in [0.15, 0.2) is 5.82 Å². The fourth-order valence-corrected chi connectivity index (χ4v) is 2.59. The number of nitrogens with zero attached hydrogens (tertiary/aromatic N) is 3. The van der Waals surface area contributed by atoms with Gasteiger partial charge in [-0.05, 0) is 44.4 Å². The molecule has 0 bridgehead atoms. The standard InChI is InChI=1S/C17H23N5O2/c1-12-7-13(2)22(21-12)15-4-3-14(8-18-15)9-19-16(24)20-10-17(11-23)5-6-17/h3-4,7-8,23H,5-6,9-11H2,1-2H3,(H2,19,20,24). The summed E-state index contributed by atoms with van der Waals surface area (Å²) in [5.74, 6) is 0.757. The van der Waals surface area contributed by atoms with Crippen molar-refractivity contribution in [1.82, 2.24) is 25.4 Å². The number of urea groups is 1. The second-order valence-corrected chi connectivity index (χ2v) is 6.56. The Morgan fingerprint density at radius 1 is 1.33 bits per heavy atom. The molecule has 0 radical (unpaired) electrons. The van der Waals surface area contributed by atoms with E-state index in [1.54, 1.807) is 10.9 Å². The van der Waals surface area contributed by atoms with Crippen LogP contribution in [0.4, 0.5) is 4.79 Å². The zero-order valence-electron chi connectivity index (χ0n) is 14.0. The van der Waals surface area contributed by atoms with Crippen LogP contribution in [0.2, 0.25) is 0 Å². The number of aliphatic hydroxyl groups excluding tert-OH is 1. The molecule has 0 spiro atoms. The number of nitrogens with one attached hydrogen (secondary N) is 2. The molecule has 0 aliphatic heterocycles. The van der Waals surface area contributed by atoms with E-state index in [1.165, 1.54) is 0 Å². The van der Waals surface area contributed by atoms with Gasteiger partial charge in [-0.25, -0.2) is 14.5 Å². The smallest absolute Gasteiger partial charge is 0.315 e. The van der Waals surface area contributed by atoms with Crippen LogP contribution >= 0.6 is 0 Å². The van der Waals surface area contributed by atoms with E-state index in [0.717, 1.165) is 35.6 Å². The molecule has 7 heteroatoms. The Bertz CT molecular complexity index is 719. The summed E-state index contributed by atoms with van der Waals surface area (Å²) < 4.78 is 1.79. The molecule has 2 heterocycles. The van der Waals surface area contributed by atoms with Crippen molar-refractivity contribution in [3.05, 3.63) is 41.3 Å². The molecule has 2 amide bonds. The van der Waals surface area contributed by atoms with E-state index >= 15 is 0 Å². The maximum Gasteiger partial charge on any atom is 0.315 e. The number of amides is 2. The maximum absolute atomic E-state index is 11.8. The Balaban J connectivity index is 1.51. The van der Waals surface area contributed by atoms with Crippen LogP contribution in [0, 0.1) is 19.3 Å². The molecule has 1 aliphatic rings. The minimum absolute atomic E-state index is 0.0830. The highest BCUT2D eigenvalue weighted by atomic mass is 16.3. The number of aromatic nitrogens is 3. The molecule has 3 rings (SSSR count). The molecular formula is C17H23N5O2. The van der Waals surface area contributed by atoms with Gasteiger partial charge < -0.3 is 15.7 Å². The van der Waals surface area contributed by atoms with E-state index in [9.17, 15) is 9.90 Å². The number of pyridine rings is 1. The van der Waals surface area contributed by atoms with Crippen molar-refractivity contribution >= 4 is 6.03 Å². The van der Waals surface area contributed by atoms with E-state index in [0.29, 0.717) is 13.1 Å². The van der Waals surface area contributed by atoms with Crippen LogP contribution in [0.1, 0.15) is 29.8 Å². The minimum atomic E-state index is -0.225. The monoisotopic (exact) mass is 329 g/mol. The molecule has 1 fully saturated rings. The van der Waals surface area contributed by atoms with Gasteiger partial charge in [-0.15, -0.1) is 0 Å². The first-order valence-electron chi connectivity index (χ1n) is 8.12. The lowest BCUT2D eigenvalue weighted by atomic mass is 10.1. The zero-order valence-corrected chi connectivity index (χ0v) is 14.0. The maximum atomic E-state index is 11.8. The van der Waals surface area contributed by atoms with Gasteiger partial charge >= 0.3 is 6.03 Å². The molecule has 1 saturated carbocycles. The van der Waals surface area contributed by atoms with Gasteiger partial charge in [0.05, 0.1) is 12.3 Å². The van der Waals surface area contributed by atoms with Gasteiger partial charge in [-0.3, -0.25) is 0 Å². The summed E-state index contributed by atoms with van der Waals surface area (Å²) in [7, 11) is 0. The molecule has 0 saturated heterocycles. The Morgan fingerprint density at radius 2 is 2.12 bits per heavy atom. The lowest BCUT2D eigenvalue weighted by molar-refractivity contribution is 0.203. The molecule has 128 valence electrons. The fraction of sp³-hybridized carbons (Fsp3) is 0.471. The van der Waals surface area contributed by atoms with Crippen molar-refractivity contribution in [2.45, 2.75) is 33.2 Å². The van der Waals surface area contributed by atoms with Crippen LogP contribution in [0.15, 0.2) is 24.4 Å². The largest absolute Gasteiger partial charge is 0.396 e. The van der Waals surface area contributed by atoms with Crippen LogP contribution in [0.5, 0.6) is 0 Å². The summed E-state index contributed by atoms with van der Waals surface area (Å²) in [5.41, 5.74) is 2.82. The Morgan fingerprint density at radius 3 is 2.67 bits per heavy atom. The molecule has 0 unspecified atom stereocenters. The van der Waals surface area contributed by atoms with Crippen LogP contribution in [-0.2, 0) is 6.54 Å². The van der Waals surface area contributed by atoms with Crippen molar-refractivity contribution in [2.24, 2.45) is 5.41 Å². The first kappa shape index (κ1) is 16.4. The Kier molecular flexibility index (Phi) is 4.53. The summed E-state index contributed by atoms with van der Waals surface area (Å²) >= 11 is 0. The topological polar surface area (TPSA) is 92.1 Å². The Labute approximate surface area is 141 Å². The van der Waals surface area contributed by atoms with Gasteiger partial charge in [-0.1, -0.05) is 6.07 Å². The van der Waals surface area contributed by atoms with E-state index in [1.807, 2.05) is 32.0 Å². The number of hydrogen-bond donors (Lipinski definition) is 3. The van der Waals surface area contributed by atoms with Gasteiger partial charge in [0.2, 0.25) is 0 Å². The summed E-state index contributed by atoms with van der Waals surface area (Å²) in [6.45, 7) is 4.99. The first-order valence-corrected chi connectivity index (χ1v) is 8.12. The SMILES string of the molecule is Cc1cc(C)n(-c2ccc(CNC(=O)NCC3(CO)CC3)cn2)n1. The molecule has 1 aliphatic carbocycles. The van der Waals surface area contributed by atoms with Crippen LogP contribution in [-0.4, -0.2) is 39.1 Å². The number of aliphatic hydroxyl groups is 1. The molecule has 24 heavy (non-hydrogen) atoms. The lowest BCUT2D eigenvalue weighted by Gasteiger charge is -2.13. The third-order valence-electron chi connectivity index (χ3n) is 4.41. The predicted octanol–water partition coefficient (Wildman–Crippen LogP) is 1.46. The van der Waals surface area contributed by atoms with Crippen LogP contribution in [0.3, 0.4) is 0 Å². The average Bonchev–Trinajstić information content (AvgIpc) is 3.29. The summed E-state index contributed by atoms with van der Waals surface area (Å²) in [4.78, 5) is 16.2. The van der Waals surface area contributed by atoms with E-state index < -0.39 is 0 Å². The van der Waals surface area contributed by atoms with Crippen LogP contribution < -0.4 is 10.6 Å². The number of hydrogen-bond acceptors (Lipinski definition) is 4. The van der Waals surface area contributed by atoms with Crippen molar-refractivity contribution in [3.8, 4) is 5.82 Å². The van der Waals surface area contributed by atoms with Crippen molar-refractivity contribution in [3.63, 3.8) is 0 Å². The molecular weight excluding hydrogens is 306 g/mol. The molecule has 7 nitrogen and oxygen atoms in total. The molecule has 2 aromatic heterocycles. The number of aryl methyl sites for hydroxylation is 2. The number of carbonyl (C=O) groups is 1. The Hall–Kier alpha value is -2.41. The van der Waals surface area contributed by atoms with Gasteiger partial charge in [-0.2, -0.15) is 5.10 Å². The molecule has 0 atom stereocenters. The number of rotatable bonds is 6. The van der Waals surface area contributed by atoms with Crippen molar-refractivity contribution in [1.29, 1.82) is 0 Å². The third-order valence-corrected chi connectivity index (χ3v) is 4.41. The fourth-order valence-electron chi connectivity index (χ4n) is 2.59. The molecule has 2 aromatic rings. The van der Waals surface area contributed by atoms with E-state index in [2.05, 4.69) is 20.7 Å². The third kappa shape index (κ3) is 3.73. The lowest BCUT2D eigenvalue weighted by Crippen LogP contribution is -2.39. The van der Waals surface area contributed by atoms with E-state index in [-0.39, 0.29) is 18.1 Å². The zero-order chi connectivity index (χ0) is 17.2. The number of carbonyl (C=O) groups excluding carboxylic acids is 1. The van der Waals surface area contributed by atoms with Gasteiger partial charge in [0.1, 0.15) is 0 Å². The van der Waals surface area contributed by atoms with Gasteiger partial charge in [0.25, 0.3) is 0 Å². The summed E-state index contributed by atoms with van der Waals surface area (Å²) in [5, 5.41) is 19.2. The van der Waals surface area contributed by atoms with E-state index in [4.69, 9.17) is 0 Å². The highest BCUT2D eigenvalue weighted by Gasteiger charge is 2.42. The second kappa shape index (κ2) is 6.60. The highest BCUT2D eigenvalue weighted by Crippen LogP contribution is 2.44. The highest BCUT2D eigenvalue weighted by molar-refractivity contribution is 5.73. The molecule has 0 aromatic carbocycles. The quantitative estimate of drug-likeness (QED) is 0.748. The second-order valence-electron chi connectivity index (χ2n) is 6.56. The van der Waals surface area contributed by atoms with Crippen LogP contribution in [0.25, 0.3) is 5.82 Å².